The summed E-state index contributed by atoms with van der Waals surface area (Å²) in [5.74, 6) is 0. The van der Waals surface area contributed by atoms with E-state index < -0.39 is 0 Å². The molecule has 3 heterocycles. The van der Waals surface area contributed by atoms with Crippen LogP contribution < -0.4 is 0 Å². The first-order valence-corrected chi connectivity index (χ1v) is 11.5. The normalized spacial score (nSPS) is 11.5. The Morgan fingerprint density at radius 3 is 1.94 bits per heavy atom. The van der Waals surface area contributed by atoms with Crippen LogP contribution in [0, 0.1) is 0 Å². The second-order valence-electron chi connectivity index (χ2n) is 8.53. The molecule has 0 aliphatic carbocycles. The molecule has 0 spiro atoms. The van der Waals surface area contributed by atoms with Gasteiger partial charge in [-0.3, -0.25) is 4.98 Å². The smallest absolute Gasteiger partial charge is 0.0777 e. The van der Waals surface area contributed by atoms with E-state index in [1.807, 2.05) is 18.5 Å². The monoisotopic (exact) mass is 435 g/mol. The fourth-order valence-electron chi connectivity index (χ4n) is 5.17. The fourth-order valence-corrected chi connectivity index (χ4v) is 5.17. The zero-order chi connectivity index (χ0) is 22.5. The second-order valence-corrected chi connectivity index (χ2v) is 8.53. The van der Waals surface area contributed by atoms with Crippen LogP contribution in [0.5, 0.6) is 0 Å². The minimum absolute atomic E-state index is 1.11. The van der Waals surface area contributed by atoms with Gasteiger partial charge in [-0.05, 0) is 36.4 Å². The Kier molecular flexibility index (Phi) is 4.15. The first-order valence-electron chi connectivity index (χ1n) is 11.5. The number of hydrogen-bond acceptors (Lipinski definition) is 1. The average molecular weight is 436 g/mol. The lowest BCUT2D eigenvalue weighted by Gasteiger charge is -2.13. The Labute approximate surface area is 197 Å². The van der Waals surface area contributed by atoms with E-state index in [0.29, 0.717) is 0 Å². The highest BCUT2D eigenvalue weighted by Crippen LogP contribution is 2.39. The van der Waals surface area contributed by atoms with Crippen molar-refractivity contribution in [2.24, 2.45) is 0 Å². The summed E-state index contributed by atoms with van der Waals surface area (Å²) in [5, 5.41) is 3.73. The third kappa shape index (κ3) is 2.74. The highest BCUT2D eigenvalue weighted by Gasteiger charge is 2.19. The molecule has 0 saturated carbocycles. The zero-order valence-corrected chi connectivity index (χ0v) is 18.5. The van der Waals surface area contributed by atoms with Crippen molar-refractivity contribution < 1.29 is 0 Å². The molecule has 3 heteroatoms. The summed E-state index contributed by atoms with van der Waals surface area (Å²) in [6, 6.07) is 38.6. The van der Waals surface area contributed by atoms with Crippen molar-refractivity contribution in [3.63, 3.8) is 0 Å². The van der Waals surface area contributed by atoms with Gasteiger partial charge in [-0.1, -0.05) is 72.8 Å². The Hall–Kier alpha value is -4.63. The third-order valence-electron chi connectivity index (χ3n) is 6.63. The van der Waals surface area contributed by atoms with Gasteiger partial charge in [0.2, 0.25) is 0 Å². The van der Waals surface area contributed by atoms with Crippen molar-refractivity contribution in [3.8, 4) is 22.5 Å². The number of fused-ring (bicyclic) bond motifs is 4. The first kappa shape index (κ1) is 18.9. The molecular formula is C31H21N3. The van der Waals surface area contributed by atoms with Crippen molar-refractivity contribution in [1.29, 1.82) is 0 Å². The molecule has 0 unspecified atom stereocenters. The highest BCUT2D eigenvalue weighted by molar-refractivity contribution is 6.11. The highest BCUT2D eigenvalue weighted by atomic mass is 15.0. The molecule has 3 aromatic heterocycles. The Balaban J connectivity index is 1.65. The molecule has 0 radical (unpaired) electrons. The standard InChI is InChI=1S/C31H21N3/c1-2-11-23(12-3-1)33-21-27(22-10-9-19-32-20-22)26-15-8-18-30(31(26)33)34-28-16-6-4-13-24(28)25-14-5-7-17-29(25)34/h1-21H. The van der Waals surface area contributed by atoms with Crippen LogP contribution in [0.15, 0.2) is 128 Å². The quantitative estimate of drug-likeness (QED) is 0.278. The molecule has 0 amide bonds. The first-order chi connectivity index (χ1) is 16.9. The van der Waals surface area contributed by atoms with Crippen LogP contribution >= 0.6 is 0 Å². The minimum atomic E-state index is 1.11. The lowest BCUT2D eigenvalue weighted by Crippen LogP contribution is -1.99. The second kappa shape index (κ2) is 7.46. The van der Waals surface area contributed by atoms with E-state index in [4.69, 9.17) is 0 Å². The van der Waals surface area contributed by atoms with Crippen molar-refractivity contribution in [1.82, 2.24) is 14.1 Å². The third-order valence-corrected chi connectivity index (χ3v) is 6.63. The molecule has 0 saturated heterocycles. The van der Waals surface area contributed by atoms with E-state index >= 15 is 0 Å². The van der Waals surface area contributed by atoms with E-state index in [1.54, 1.807) is 0 Å². The fraction of sp³-hybridized carbons (Fsp3) is 0. The van der Waals surface area contributed by atoms with Crippen molar-refractivity contribution in [2.45, 2.75) is 0 Å². The summed E-state index contributed by atoms with van der Waals surface area (Å²) >= 11 is 0. The largest absolute Gasteiger partial charge is 0.314 e. The van der Waals surface area contributed by atoms with Crippen LogP contribution in [0.3, 0.4) is 0 Å². The number of pyridine rings is 1. The zero-order valence-electron chi connectivity index (χ0n) is 18.5. The molecule has 0 N–H and O–H groups in total. The lowest BCUT2D eigenvalue weighted by atomic mass is 10.1. The summed E-state index contributed by atoms with van der Waals surface area (Å²) in [4.78, 5) is 4.39. The van der Waals surface area contributed by atoms with Gasteiger partial charge < -0.3 is 9.13 Å². The lowest BCUT2D eigenvalue weighted by molar-refractivity contribution is 1.10. The predicted octanol–water partition coefficient (Wildman–Crippen LogP) is 7.79. The SMILES string of the molecule is c1ccc(-n2cc(-c3cccnc3)c3cccc(-n4c5ccccc5c5ccccc54)c32)cc1. The maximum Gasteiger partial charge on any atom is 0.0777 e. The molecule has 0 atom stereocenters. The molecule has 0 aliphatic heterocycles. The van der Waals surface area contributed by atoms with Gasteiger partial charge in [0.1, 0.15) is 0 Å². The van der Waals surface area contributed by atoms with Gasteiger partial charge in [0.25, 0.3) is 0 Å². The molecule has 0 bridgehead atoms. The van der Waals surface area contributed by atoms with Gasteiger partial charge in [-0.25, -0.2) is 0 Å². The Morgan fingerprint density at radius 2 is 1.24 bits per heavy atom. The van der Waals surface area contributed by atoms with E-state index in [9.17, 15) is 0 Å². The minimum Gasteiger partial charge on any atom is -0.314 e. The number of rotatable bonds is 3. The van der Waals surface area contributed by atoms with E-state index in [2.05, 4.69) is 123 Å². The van der Waals surface area contributed by atoms with E-state index in [1.165, 1.54) is 38.3 Å². The molecule has 0 aliphatic rings. The van der Waals surface area contributed by atoms with Gasteiger partial charge in [-0.15, -0.1) is 0 Å². The topological polar surface area (TPSA) is 22.8 Å². The van der Waals surface area contributed by atoms with Crippen LogP contribution in [0.2, 0.25) is 0 Å². The predicted molar refractivity (Wildman–Crippen MR) is 141 cm³/mol. The number of hydrogen-bond donors (Lipinski definition) is 0. The summed E-state index contributed by atoms with van der Waals surface area (Å²) in [7, 11) is 0. The summed E-state index contributed by atoms with van der Waals surface area (Å²) in [6.07, 6.45) is 6.01. The molecule has 160 valence electrons. The molecular weight excluding hydrogens is 414 g/mol. The molecule has 34 heavy (non-hydrogen) atoms. The van der Waals surface area contributed by atoms with Gasteiger partial charge in [0.05, 0.1) is 22.2 Å². The Bertz CT molecular complexity index is 1740. The van der Waals surface area contributed by atoms with E-state index in [-0.39, 0.29) is 0 Å². The van der Waals surface area contributed by atoms with Crippen LogP contribution in [0.4, 0.5) is 0 Å². The van der Waals surface area contributed by atoms with Gasteiger partial charge in [0.15, 0.2) is 0 Å². The molecule has 4 aromatic carbocycles. The van der Waals surface area contributed by atoms with Gasteiger partial charge in [0, 0.05) is 51.6 Å². The van der Waals surface area contributed by atoms with Crippen LogP contribution in [0.1, 0.15) is 0 Å². The van der Waals surface area contributed by atoms with E-state index in [0.717, 1.165) is 16.9 Å². The number of aromatic nitrogens is 3. The van der Waals surface area contributed by atoms with Crippen molar-refractivity contribution >= 4 is 32.7 Å². The summed E-state index contributed by atoms with van der Waals surface area (Å²) in [5.41, 5.74) is 8.18. The number of nitrogens with zero attached hydrogens (tertiary/aromatic N) is 3. The molecule has 0 fully saturated rings. The number of benzene rings is 4. The maximum absolute atomic E-state index is 4.39. The van der Waals surface area contributed by atoms with Crippen molar-refractivity contribution in [3.05, 3.63) is 128 Å². The summed E-state index contributed by atoms with van der Waals surface area (Å²) in [6.45, 7) is 0. The van der Waals surface area contributed by atoms with Crippen molar-refractivity contribution in [2.75, 3.05) is 0 Å². The van der Waals surface area contributed by atoms with Gasteiger partial charge >= 0.3 is 0 Å². The molecule has 7 aromatic rings. The van der Waals surface area contributed by atoms with Gasteiger partial charge in [-0.2, -0.15) is 0 Å². The molecule has 3 nitrogen and oxygen atoms in total. The maximum atomic E-state index is 4.39. The van der Waals surface area contributed by atoms with Crippen LogP contribution in [-0.4, -0.2) is 14.1 Å². The number of para-hydroxylation sites is 4. The average Bonchev–Trinajstić information content (AvgIpc) is 3.46. The van der Waals surface area contributed by atoms with Crippen LogP contribution in [0.25, 0.3) is 55.2 Å². The molecule has 7 rings (SSSR count). The van der Waals surface area contributed by atoms with Crippen LogP contribution in [-0.2, 0) is 0 Å². The Morgan fingerprint density at radius 1 is 0.559 bits per heavy atom. The summed E-state index contributed by atoms with van der Waals surface area (Å²) < 4.78 is 4.72.